The third kappa shape index (κ3) is 3.83. The number of hydrogen-bond acceptors (Lipinski definition) is 3. The molecule has 0 atom stereocenters. The third-order valence-electron chi connectivity index (χ3n) is 2.16. The number of aromatic carboxylic acids is 1. The van der Waals surface area contributed by atoms with E-state index in [4.69, 9.17) is 10.8 Å². The number of carboxylic acid groups (broad SMARTS) is 1. The number of nitrogens with one attached hydrogen (secondary N) is 1. The van der Waals surface area contributed by atoms with Crippen LogP contribution in [-0.4, -0.2) is 24.2 Å². The fourth-order valence-corrected chi connectivity index (χ4v) is 1.70. The predicted octanol–water partition coefficient (Wildman–Crippen LogP) is 2.30. The quantitative estimate of drug-likeness (QED) is 0.702. The number of nitrogens with two attached hydrogens (primary N) is 1. The number of unbranched alkanes of at least 4 members (excludes halogenated alkanes) is 1. The van der Waals surface area contributed by atoms with E-state index in [0.717, 1.165) is 23.9 Å². The average Bonchev–Trinajstić information content (AvgIpc) is 2.26. The first kappa shape index (κ1) is 13.0. The van der Waals surface area contributed by atoms with Gasteiger partial charge < -0.3 is 16.2 Å². The smallest absolute Gasteiger partial charge is 0.337 e. The number of halogens is 1. The van der Waals surface area contributed by atoms with Crippen LogP contribution in [0.25, 0.3) is 0 Å². The minimum atomic E-state index is -0.928. The lowest BCUT2D eigenvalue weighted by Gasteiger charge is -2.09. The number of carbonyl (C=O) groups is 1. The molecule has 0 spiro atoms. The van der Waals surface area contributed by atoms with Gasteiger partial charge >= 0.3 is 5.97 Å². The van der Waals surface area contributed by atoms with Gasteiger partial charge in [0, 0.05) is 16.7 Å². The van der Waals surface area contributed by atoms with Crippen LogP contribution in [0.1, 0.15) is 23.2 Å². The summed E-state index contributed by atoms with van der Waals surface area (Å²) in [5.74, 6) is -0.928. The Morgan fingerprint density at radius 3 is 2.81 bits per heavy atom. The molecule has 4 N–H and O–H groups in total. The van der Waals surface area contributed by atoms with Crippen molar-refractivity contribution in [2.75, 3.05) is 18.4 Å². The van der Waals surface area contributed by atoms with Crippen molar-refractivity contribution in [2.24, 2.45) is 5.73 Å². The highest BCUT2D eigenvalue weighted by molar-refractivity contribution is 9.10. The summed E-state index contributed by atoms with van der Waals surface area (Å²) in [6.07, 6.45) is 1.87. The van der Waals surface area contributed by atoms with Crippen molar-refractivity contribution in [3.05, 3.63) is 28.2 Å². The molecule has 16 heavy (non-hydrogen) atoms. The van der Waals surface area contributed by atoms with Crippen molar-refractivity contribution in [1.82, 2.24) is 0 Å². The molecule has 0 unspecified atom stereocenters. The van der Waals surface area contributed by atoms with E-state index in [1.165, 1.54) is 0 Å². The number of rotatable bonds is 6. The van der Waals surface area contributed by atoms with Crippen LogP contribution >= 0.6 is 15.9 Å². The number of anilines is 1. The van der Waals surface area contributed by atoms with Gasteiger partial charge in [0.15, 0.2) is 0 Å². The normalized spacial score (nSPS) is 10.1. The van der Waals surface area contributed by atoms with E-state index in [-0.39, 0.29) is 5.56 Å². The molecule has 0 saturated carbocycles. The minimum absolute atomic E-state index is 0.280. The largest absolute Gasteiger partial charge is 0.478 e. The van der Waals surface area contributed by atoms with Crippen LogP contribution in [0.3, 0.4) is 0 Å². The highest BCUT2D eigenvalue weighted by Crippen LogP contribution is 2.21. The lowest BCUT2D eigenvalue weighted by molar-refractivity contribution is 0.0698. The van der Waals surface area contributed by atoms with Gasteiger partial charge in [0.25, 0.3) is 0 Å². The van der Waals surface area contributed by atoms with Crippen LogP contribution in [0.2, 0.25) is 0 Å². The third-order valence-corrected chi connectivity index (χ3v) is 2.65. The van der Waals surface area contributed by atoms with E-state index in [1.807, 2.05) is 6.07 Å². The van der Waals surface area contributed by atoms with Crippen LogP contribution in [0, 0.1) is 0 Å². The van der Waals surface area contributed by atoms with E-state index in [9.17, 15) is 4.79 Å². The maximum absolute atomic E-state index is 11.0. The molecule has 5 heteroatoms. The van der Waals surface area contributed by atoms with E-state index in [2.05, 4.69) is 21.2 Å². The van der Waals surface area contributed by atoms with Gasteiger partial charge in [-0.2, -0.15) is 0 Å². The van der Waals surface area contributed by atoms with E-state index in [0.29, 0.717) is 12.2 Å². The van der Waals surface area contributed by atoms with Gasteiger partial charge in [-0.15, -0.1) is 0 Å². The first-order valence-corrected chi connectivity index (χ1v) is 5.91. The van der Waals surface area contributed by atoms with E-state index < -0.39 is 5.97 Å². The Morgan fingerprint density at radius 1 is 1.44 bits per heavy atom. The van der Waals surface area contributed by atoms with Gasteiger partial charge in [-0.25, -0.2) is 4.79 Å². The summed E-state index contributed by atoms with van der Waals surface area (Å²) in [6.45, 7) is 1.40. The van der Waals surface area contributed by atoms with E-state index in [1.54, 1.807) is 12.1 Å². The number of hydrogen-bond donors (Lipinski definition) is 3. The predicted molar refractivity (Wildman–Crippen MR) is 67.9 cm³/mol. The highest BCUT2D eigenvalue weighted by atomic mass is 79.9. The average molecular weight is 287 g/mol. The first-order chi connectivity index (χ1) is 7.65. The Morgan fingerprint density at radius 2 is 2.19 bits per heavy atom. The molecule has 0 aliphatic carbocycles. The van der Waals surface area contributed by atoms with E-state index >= 15 is 0 Å². The second-order valence-electron chi connectivity index (χ2n) is 3.42. The Hall–Kier alpha value is -1.07. The van der Waals surface area contributed by atoms with Gasteiger partial charge in [0.1, 0.15) is 0 Å². The first-order valence-electron chi connectivity index (χ1n) is 5.12. The maximum atomic E-state index is 11.0. The summed E-state index contributed by atoms with van der Waals surface area (Å²) in [5, 5.41) is 12.1. The molecule has 0 radical (unpaired) electrons. The maximum Gasteiger partial charge on any atom is 0.337 e. The molecule has 0 amide bonds. The molecule has 0 bridgehead atoms. The highest BCUT2D eigenvalue weighted by Gasteiger charge is 2.09. The molecule has 0 heterocycles. The molecule has 1 rings (SSSR count). The zero-order chi connectivity index (χ0) is 12.0. The molecule has 0 fully saturated rings. The molecule has 1 aromatic carbocycles. The molecule has 4 nitrogen and oxygen atoms in total. The van der Waals surface area contributed by atoms with Crippen LogP contribution in [0.4, 0.5) is 5.69 Å². The van der Waals surface area contributed by atoms with Gasteiger partial charge in [0.05, 0.1) is 5.56 Å². The van der Waals surface area contributed by atoms with Gasteiger partial charge in [-0.1, -0.05) is 15.9 Å². The Labute approximate surface area is 103 Å². The minimum Gasteiger partial charge on any atom is -0.478 e. The summed E-state index contributed by atoms with van der Waals surface area (Å²) < 4.78 is 0.761. The van der Waals surface area contributed by atoms with Crippen molar-refractivity contribution in [3.8, 4) is 0 Å². The molecular formula is C11H15BrN2O2. The molecular weight excluding hydrogens is 272 g/mol. The van der Waals surface area contributed by atoms with Crippen molar-refractivity contribution < 1.29 is 9.90 Å². The number of carboxylic acids is 1. The van der Waals surface area contributed by atoms with Crippen LogP contribution < -0.4 is 11.1 Å². The van der Waals surface area contributed by atoms with Crippen molar-refractivity contribution in [2.45, 2.75) is 12.8 Å². The lowest BCUT2D eigenvalue weighted by atomic mass is 10.1. The molecule has 1 aromatic rings. The van der Waals surface area contributed by atoms with Crippen molar-refractivity contribution >= 4 is 27.6 Å². The Balaban J connectivity index is 2.67. The van der Waals surface area contributed by atoms with Crippen molar-refractivity contribution in [1.29, 1.82) is 0 Å². The summed E-state index contributed by atoms with van der Waals surface area (Å²) in [7, 11) is 0. The Kier molecular flexibility index (Phi) is 5.28. The second-order valence-corrected chi connectivity index (χ2v) is 4.33. The monoisotopic (exact) mass is 286 g/mol. The molecule has 0 aliphatic heterocycles. The zero-order valence-corrected chi connectivity index (χ0v) is 10.5. The summed E-state index contributed by atoms with van der Waals surface area (Å²) in [5.41, 5.74) is 6.30. The Bertz CT molecular complexity index is 369. The molecule has 0 saturated heterocycles. The summed E-state index contributed by atoms with van der Waals surface area (Å²) >= 11 is 3.25. The zero-order valence-electron chi connectivity index (χ0n) is 8.87. The second kappa shape index (κ2) is 6.50. The van der Waals surface area contributed by atoms with Crippen LogP contribution in [0.5, 0.6) is 0 Å². The van der Waals surface area contributed by atoms with Crippen LogP contribution in [-0.2, 0) is 0 Å². The SMILES string of the molecule is NCCCCNc1ccc(Br)cc1C(=O)O. The topological polar surface area (TPSA) is 75.3 Å². The van der Waals surface area contributed by atoms with Gasteiger partial charge in [0.2, 0.25) is 0 Å². The molecule has 88 valence electrons. The summed E-state index contributed by atoms with van der Waals surface area (Å²) in [4.78, 5) is 11.0. The van der Waals surface area contributed by atoms with Gasteiger partial charge in [-0.05, 0) is 37.6 Å². The van der Waals surface area contributed by atoms with Gasteiger partial charge in [-0.3, -0.25) is 0 Å². The number of benzene rings is 1. The molecule has 0 aliphatic rings. The fourth-order valence-electron chi connectivity index (χ4n) is 1.34. The standard InChI is InChI=1S/C11H15BrN2O2/c12-8-3-4-10(9(7-8)11(15)16)14-6-2-1-5-13/h3-4,7,14H,1-2,5-6,13H2,(H,15,16). The fraction of sp³-hybridized carbons (Fsp3) is 0.364. The summed E-state index contributed by atoms with van der Waals surface area (Å²) in [6, 6.07) is 5.17. The lowest BCUT2D eigenvalue weighted by Crippen LogP contribution is -2.09. The van der Waals surface area contributed by atoms with Crippen LogP contribution in [0.15, 0.2) is 22.7 Å². The molecule has 0 aromatic heterocycles. The van der Waals surface area contributed by atoms with Crippen molar-refractivity contribution in [3.63, 3.8) is 0 Å².